The summed E-state index contributed by atoms with van der Waals surface area (Å²) in [6, 6.07) is -17.7. The second kappa shape index (κ2) is 36.5. The molecule has 0 aliphatic heterocycles. The summed E-state index contributed by atoms with van der Waals surface area (Å²) in [5.74, 6) is -15.0. The number of carbonyl (C=O) groups is 12. The van der Waals surface area contributed by atoms with Gasteiger partial charge in [0, 0.05) is 0 Å². The van der Waals surface area contributed by atoms with Gasteiger partial charge in [-0.1, -0.05) is 69.2 Å². The Kier molecular flexibility index (Phi) is 33.5. The fourth-order valence-corrected chi connectivity index (χ4v) is 7.50. The quantitative estimate of drug-likeness (QED) is 0.0274. The maximum atomic E-state index is 13.6. The molecular formula is C49H87N11O19. The highest BCUT2D eigenvalue weighted by atomic mass is 16.4. The molecule has 79 heavy (non-hydrogen) atoms. The molecule has 10 amide bonds. The maximum absolute atomic E-state index is 13.6. The Morgan fingerprint density at radius 2 is 0.481 bits per heavy atom. The minimum Gasteiger partial charge on any atom is -0.481 e. The third-order valence-electron chi connectivity index (χ3n) is 11.5. The number of hydrogen-bond acceptors (Lipinski definition) is 18. The Labute approximate surface area is 459 Å². The van der Waals surface area contributed by atoms with E-state index in [1.54, 1.807) is 55.4 Å². The van der Waals surface area contributed by atoms with E-state index in [1.165, 1.54) is 0 Å². The van der Waals surface area contributed by atoms with Gasteiger partial charge in [0.05, 0.1) is 45.5 Å². The van der Waals surface area contributed by atoms with Crippen molar-refractivity contribution in [2.24, 2.45) is 35.3 Å². The topological polar surface area (TPSA) is 493 Å². The average molecular weight is 1130 g/mol. The summed E-state index contributed by atoms with van der Waals surface area (Å²) < 4.78 is 0. The molecule has 0 bridgehead atoms. The number of hydrogen-bond donors (Lipinski definition) is 18. The van der Waals surface area contributed by atoms with Gasteiger partial charge in [0.1, 0.15) is 60.4 Å². The number of carboxylic acids is 2. The Balaban J connectivity index is 6.21. The van der Waals surface area contributed by atoms with E-state index in [0.717, 1.165) is 0 Å². The number of rotatable bonds is 38. The Bertz CT molecular complexity index is 2060. The standard InChI is InChI=1S/C49H87N11O19/c1-22(2)11-27(50)39(68)56-33(17-61)44(73)51-28(12-23(3)4)40(69)54-31(16-38(66)67)43(72)58-37(21-65)48(77)60-35(19-63)46(75)53-30(14-25(7)8)42(71)57-36(20-64)47(76)59-34(18-62)45(74)52-29(13-24(5)6)41(70)55-32(49(78)79)15-26(9)10/h22-37,61-65H,11-21,50H2,1-10H3,(H,51,73)(H,52,74)(H,53,75)(H,54,69)(H,55,70)(H,56,68)(H,57,71)(H,58,72)(H,59,76)(H,60,77)(H,66,67)(H,78,79)/t27-,28-,29-,30-,31-,32-,33-,34-,35-,36-,37-/m0/s1. The predicted octanol–water partition coefficient (Wildman–Crippen LogP) is -6.09. The first-order valence-electron chi connectivity index (χ1n) is 26.0. The summed E-state index contributed by atoms with van der Waals surface area (Å²) in [6.45, 7) is 11.7. The maximum Gasteiger partial charge on any atom is 0.326 e. The number of aliphatic hydroxyl groups excluding tert-OH is 5. The van der Waals surface area contributed by atoms with Crippen molar-refractivity contribution in [1.29, 1.82) is 0 Å². The molecule has 0 fully saturated rings. The monoisotopic (exact) mass is 1130 g/mol. The number of nitrogens with one attached hydrogen (secondary N) is 10. The highest BCUT2D eigenvalue weighted by Gasteiger charge is 2.37. The zero-order valence-electron chi connectivity index (χ0n) is 46.6. The molecule has 0 radical (unpaired) electrons. The molecule has 0 aliphatic rings. The summed E-state index contributed by atoms with van der Waals surface area (Å²) in [6.07, 6.45) is -1.02. The van der Waals surface area contributed by atoms with Crippen molar-refractivity contribution in [3.63, 3.8) is 0 Å². The Hall–Kier alpha value is -6.60. The van der Waals surface area contributed by atoms with E-state index >= 15 is 0 Å². The molecule has 0 aromatic heterocycles. The molecule has 11 atom stereocenters. The third-order valence-corrected chi connectivity index (χ3v) is 11.5. The zero-order valence-corrected chi connectivity index (χ0v) is 46.6. The molecule has 0 aliphatic carbocycles. The van der Waals surface area contributed by atoms with Crippen LogP contribution in [0.25, 0.3) is 0 Å². The molecule has 452 valence electrons. The highest BCUT2D eigenvalue weighted by molar-refractivity contribution is 5.99. The van der Waals surface area contributed by atoms with Crippen LogP contribution in [0.2, 0.25) is 0 Å². The molecule has 0 rings (SSSR count). The van der Waals surface area contributed by atoms with Crippen LogP contribution in [0.3, 0.4) is 0 Å². The van der Waals surface area contributed by atoms with E-state index in [1.807, 2.05) is 19.2 Å². The van der Waals surface area contributed by atoms with E-state index in [0.29, 0.717) is 0 Å². The first-order chi connectivity index (χ1) is 36.7. The zero-order chi connectivity index (χ0) is 61.0. The van der Waals surface area contributed by atoms with Crippen molar-refractivity contribution in [3.05, 3.63) is 0 Å². The van der Waals surface area contributed by atoms with Gasteiger partial charge in [-0.2, -0.15) is 0 Å². The molecule has 19 N–H and O–H groups in total. The van der Waals surface area contributed by atoms with Crippen LogP contribution in [0.15, 0.2) is 0 Å². The van der Waals surface area contributed by atoms with Crippen molar-refractivity contribution < 1.29 is 93.3 Å². The second-order valence-electron chi connectivity index (χ2n) is 21.2. The largest absolute Gasteiger partial charge is 0.481 e. The predicted molar refractivity (Wildman–Crippen MR) is 280 cm³/mol. The number of carbonyl (C=O) groups excluding carboxylic acids is 10. The van der Waals surface area contributed by atoms with E-state index in [9.17, 15) is 93.3 Å². The van der Waals surface area contributed by atoms with Crippen LogP contribution in [0, 0.1) is 29.6 Å². The van der Waals surface area contributed by atoms with Crippen LogP contribution in [-0.2, 0) is 57.5 Å². The second-order valence-corrected chi connectivity index (χ2v) is 21.2. The summed E-state index contributed by atoms with van der Waals surface area (Å²) in [7, 11) is 0. The number of amides is 10. The van der Waals surface area contributed by atoms with Gasteiger partial charge in [0.25, 0.3) is 0 Å². The summed E-state index contributed by atoms with van der Waals surface area (Å²) >= 11 is 0. The van der Waals surface area contributed by atoms with Crippen LogP contribution >= 0.6 is 0 Å². The molecule has 0 saturated carbocycles. The Morgan fingerprint density at radius 3 is 0.709 bits per heavy atom. The van der Waals surface area contributed by atoms with Crippen LogP contribution in [-0.4, -0.2) is 206 Å². The van der Waals surface area contributed by atoms with Gasteiger partial charge in [-0.15, -0.1) is 0 Å². The normalized spacial score (nSPS) is 15.6. The van der Waals surface area contributed by atoms with Crippen LogP contribution in [0.4, 0.5) is 0 Å². The minimum atomic E-state index is -1.98. The van der Waals surface area contributed by atoms with Gasteiger partial charge in [0.15, 0.2) is 0 Å². The smallest absolute Gasteiger partial charge is 0.326 e. The van der Waals surface area contributed by atoms with Crippen LogP contribution in [0.1, 0.15) is 108 Å². The molecule has 0 spiro atoms. The van der Waals surface area contributed by atoms with Crippen molar-refractivity contribution >= 4 is 71.0 Å². The Morgan fingerprint density at radius 1 is 0.291 bits per heavy atom. The van der Waals surface area contributed by atoms with Gasteiger partial charge in [0.2, 0.25) is 59.1 Å². The minimum absolute atomic E-state index is 0.0128. The van der Waals surface area contributed by atoms with Gasteiger partial charge in [-0.05, 0) is 61.7 Å². The first kappa shape index (κ1) is 72.4. The van der Waals surface area contributed by atoms with Crippen molar-refractivity contribution in [2.75, 3.05) is 33.0 Å². The summed E-state index contributed by atoms with van der Waals surface area (Å²) in [5.41, 5.74) is 5.89. The molecule has 30 nitrogen and oxygen atoms in total. The van der Waals surface area contributed by atoms with Crippen molar-refractivity contribution in [3.8, 4) is 0 Å². The average Bonchev–Trinajstić information content (AvgIpc) is 3.34. The van der Waals surface area contributed by atoms with Gasteiger partial charge >= 0.3 is 11.9 Å². The van der Waals surface area contributed by atoms with Gasteiger partial charge in [-0.25, -0.2) is 4.79 Å². The lowest BCUT2D eigenvalue weighted by Crippen LogP contribution is -2.62. The number of aliphatic hydroxyl groups is 5. The van der Waals surface area contributed by atoms with Crippen LogP contribution < -0.4 is 58.9 Å². The number of carboxylic acid groups (broad SMARTS) is 2. The van der Waals surface area contributed by atoms with E-state index in [2.05, 4.69) is 47.9 Å². The lowest BCUT2D eigenvalue weighted by molar-refractivity contribution is -0.143. The lowest BCUT2D eigenvalue weighted by atomic mass is 10.00. The molecule has 0 aromatic carbocycles. The molecule has 30 heteroatoms. The number of nitrogens with two attached hydrogens (primary N) is 1. The molecule has 0 unspecified atom stereocenters. The summed E-state index contributed by atoms with van der Waals surface area (Å²) in [4.78, 5) is 157. The molecule has 0 aromatic rings. The molecule has 0 heterocycles. The van der Waals surface area contributed by atoms with Crippen molar-refractivity contribution in [1.82, 2.24) is 53.2 Å². The lowest BCUT2D eigenvalue weighted by Gasteiger charge is -2.28. The fourth-order valence-electron chi connectivity index (χ4n) is 7.50. The summed E-state index contributed by atoms with van der Waals surface area (Å²) in [5, 5.41) is 92.0. The molecule has 0 saturated heterocycles. The third kappa shape index (κ3) is 27.7. The first-order valence-corrected chi connectivity index (χ1v) is 26.0. The van der Waals surface area contributed by atoms with Crippen molar-refractivity contribution in [2.45, 2.75) is 174 Å². The fraction of sp³-hybridized carbons (Fsp3) is 0.755. The van der Waals surface area contributed by atoms with E-state index < -0.39 is 177 Å². The van der Waals surface area contributed by atoms with Gasteiger partial charge in [-0.3, -0.25) is 52.7 Å². The van der Waals surface area contributed by atoms with E-state index in [4.69, 9.17) is 5.73 Å². The van der Waals surface area contributed by atoms with Gasteiger partial charge < -0.3 is 94.6 Å². The highest BCUT2D eigenvalue weighted by Crippen LogP contribution is 2.12. The SMILES string of the molecule is CC(C)C[C@H](NC(=O)[C@H](CC(C)C)NC(=O)[C@H](CO)NC(=O)[C@H](CO)NC(=O)[C@H](CC(C)C)NC(=O)[C@H](CO)NC(=O)[C@H](CO)NC(=O)[C@H](CC(=O)O)NC(=O)[C@H](CC(C)C)NC(=O)[C@H](CO)NC(=O)[C@@H](N)CC(C)C)C(=O)O. The number of aliphatic carboxylic acids is 2. The molecular weight excluding hydrogens is 1050 g/mol. The van der Waals surface area contributed by atoms with Crippen LogP contribution in [0.5, 0.6) is 0 Å². The van der Waals surface area contributed by atoms with E-state index in [-0.39, 0.29) is 61.7 Å².